The second-order valence-electron chi connectivity index (χ2n) is 4.81. The van der Waals surface area contributed by atoms with Crippen LogP contribution in [0.25, 0.3) is 0 Å². The Balaban J connectivity index is 1.99. The fourth-order valence-corrected chi connectivity index (χ4v) is 3.00. The van der Waals surface area contributed by atoms with Gasteiger partial charge in [0, 0.05) is 12.6 Å². The third-order valence-corrected chi connectivity index (χ3v) is 4.98. The maximum Gasteiger partial charge on any atom is 0.0593 e. The van der Waals surface area contributed by atoms with E-state index in [0.29, 0.717) is 6.04 Å². The summed E-state index contributed by atoms with van der Waals surface area (Å²) in [5.74, 6) is 0. The average Bonchev–Trinajstić information content (AvgIpc) is 2.60. The van der Waals surface area contributed by atoms with Gasteiger partial charge in [-0.05, 0) is 60.4 Å². The van der Waals surface area contributed by atoms with Crippen LogP contribution < -0.4 is 5.32 Å². The van der Waals surface area contributed by atoms with Crippen molar-refractivity contribution in [2.24, 2.45) is 0 Å². The first-order valence-corrected chi connectivity index (χ1v) is 7.80. The van der Waals surface area contributed by atoms with Gasteiger partial charge in [-0.3, -0.25) is 0 Å². The van der Waals surface area contributed by atoms with Gasteiger partial charge in [0.1, 0.15) is 0 Å². The predicted octanol–water partition coefficient (Wildman–Crippen LogP) is 4.39. The van der Waals surface area contributed by atoms with Crippen molar-refractivity contribution in [1.82, 2.24) is 4.90 Å². The minimum atomic E-state index is 0.552. The van der Waals surface area contributed by atoms with Gasteiger partial charge in [0.2, 0.25) is 0 Å². The number of halogens is 2. The summed E-state index contributed by atoms with van der Waals surface area (Å²) in [6.07, 6.45) is 3.70. The van der Waals surface area contributed by atoms with E-state index in [1.54, 1.807) is 0 Å². The monoisotopic (exact) mass is 330 g/mol. The first-order chi connectivity index (χ1) is 8.70. The maximum atomic E-state index is 6.11. The van der Waals surface area contributed by atoms with E-state index >= 15 is 0 Å². The van der Waals surface area contributed by atoms with Crippen LogP contribution in [-0.2, 0) is 0 Å². The molecule has 1 aromatic carbocycles. The van der Waals surface area contributed by atoms with Crippen LogP contribution in [-0.4, -0.2) is 30.6 Å². The van der Waals surface area contributed by atoms with Crippen LogP contribution in [0.15, 0.2) is 22.7 Å². The van der Waals surface area contributed by atoms with Crippen LogP contribution >= 0.6 is 27.5 Å². The molecule has 0 aliphatic carbocycles. The minimum Gasteiger partial charge on any atom is -0.381 e. The van der Waals surface area contributed by atoms with Crippen molar-refractivity contribution in [2.75, 3.05) is 25.0 Å². The van der Waals surface area contributed by atoms with Crippen LogP contribution in [0.2, 0.25) is 5.02 Å². The van der Waals surface area contributed by atoms with Gasteiger partial charge >= 0.3 is 0 Å². The van der Waals surface area contributed by atoms with E-state index < -0.39 is 0 Å². The van der Waals surface area contributed by atoms with Gasteiger partial charge in [-0.1, -0.05) is 24.6 Å². The molecule has 0 spiro atoms. The second-order valence-corrected chi connectivity index (χ2v) is 6.01. The summed E-state index contributed by atoms with van der Waals surface area (Å²) in [6, 6.07) is 6.53. The molecule has 1 unspecified atom stereocenters. The van der Waals surface area contributed by atoms with Gasteiger partial charge < -0.3 is 10.2 Å². The van der Waals surface area contributed by atoms with Crippen LogP contribution in [0, 0.1) is 0 Å². The Morgan fingerprint density at radius 3 is 3.00 bits per heavy atom. The van der Waals surface area contributed by atoms with Crippen LogP contribution in [0.4, 0.5) is 5.69 Å². The third-order valence-electron chi connectivity index (χ3n) is 3.58. The van der Waals surface area contributed by atoms with E-state index in [-0.39, 0.29) is 0 Å². The highest BCUT2D eigenvalue weighted by molar-refractivity contribution is 9.10. The quantitative estimate of drug-likeness (QED) is 0.883. The molecule has 0 radical (unpaired) electrons. The lowest BCUT2D eigenvalue weighted by molar-refractivity contribution is 0.300. The molecule has 2 rings (SSSR count). The molecular weight excluding hydrogens is 312 g/mol. The summed E-state index contributed by atoms with van der Waals surface area (Å²) < 4.78 is 0.975. The van der Waals surface area contributed by atoms with Crippen molar-refractivity contribution in [2.45, 2.75) is 32.2 Å². The predicted molar refractivity (Wildman–Crippen MR) is 82.5 cm³/mol. The van der Waals surface area contributed by atoms with E-state index in [0.717, 1.165) is 21.7 Å². The first kappa shape index (κ1) is 14.2. The summed E-state index contributed by atoms with van der Waals surface area (Å²) in [7, 11) is 0. The molecular formula is C14H20BrClN2. The largest absolute Gasteiger partial charge is 0.381 e. The Morgan fingerprint density at radius 1 is 1.39 bits per heavy atom. The van der Waals surface area contributed by atoms with E-state index in [1.807, 2.05) is 12.1 Å². The molecule has 1 fully saturated rings. The average molecular weight is 332 g/mol. The lowest BCUT2D eigenvalue weighted by Gasteiger charge is -2.20. The van der Waals surface area contributed by atoms with Crippen molar-refractivity contribution in [3.63, 3.8) is 0 Å². The Labute approximate surface area is 123 Å². The minimum absolute atomic E-state index is 0.552. The Kier molecular flexibility index (Phi) is 5.34. The lowest BCUT2D eigenvalue weighted by atomic mass is 10.1. The van der Waals surface area contributed by atoms with Gasteiger partial charge in [0.15, 0.2) is 0 Å². The van der Waals surface area contributed by atoms with Gasteiger partial charge in [0.25, 0.3) is 0 Å². The van der Waals surface area contributed by atoms with Crippen molar-refractivity contribution in [1.29, 1.82) is 0 Å². The zero-order valence-electron chi connectivity index (χ0n) is 10.8. The molecule has 0 aromatic heterocycles. The van der Waals surface area contributed by atoms with Gasteiger partial charge in [-0.15, -0.1) is 0 Å². The first-order valence-electron chi connectivity index (χ1n) is 6.63. The molecule has 1 aromatic rings. The second kappa shape index (κ2) is 6.78. The molecule has 1 N–H and O–H groups in total. The van der Waals surface area contributed by atoms with Gasteiger partial charge in [0.05, 0.1) is 15.2 Å². The third kappa shape index (κ3) is 3.62. The van der Waals surface area contributed by atoms with Crippen molar-refractivity contribution < 1.29 is 0 Å². The highest BCUT2D eigenvalue weighted by Crippen LogP contribution is 2.31. The maximum absolute atomic E-state index is 6.11. The molecule has 0 amide bonds. The Morgan fingerprint density at radius 2 is 2.22 bits per heavy atom. The molecule has 1 aliphatic heterocycles. The van der Waals surface area contributed by atoms with Crippen LogP contribution in [0.1, 0.15) is 26.2 Å². The summed E-state index contributed by atoms with van der Waals surface area (Å²) >= 11 is 9.66. The summed E-state index contributed by atoms with van der Waals surface area (Å²) in [5.41, 5.74) is 1.11. The molecule has 1 saturated heterocycles. The van der Waals surface area contributed by atoms with Gasteiger partial charge in [-0.25, -0.2) is 0 Å². The zero-order chi connectivity index (χ0) is 13.0. The molecule has 0 saturated carbocycles. The molecule has 100 valence electrons. The summed E-state index contributed by atoms with van der Waals surface area (Å²) in [5, 5.41) is 4.38. The highest BCUT2D eigenvalue weighted by Gasteiger charge is 2.16. The standard InChI is InChI=1S/C14H20BrClN2/c1-2-18-9-4-5-11(8-10-18)17-13-7-3-6-12(16)14(13)15/h3,6-7,11,17H,2,4-5,8-10H2,1H3. The fourth-order valence-electron chi connectivity index (χ4n) is 2.45. The molecule has 0 bridgehead atoms. The molecule has 1 aliphatic rings. The number of hydrogen-bond acceptors (Lipinski definition) is 2. The molecule has 4 heteroatoms. The van der Waals surface area contributed by atoms with E-state index in [4.69, 9.17) is 11.6 Å². The van der Waals surface area contributed by atoms with Crippen molar-refractivity contribution >= 4 is 33.2 Å². The summed E-state index contributed by atoms with van der Waals surface area (Å²) in [6.45, 7) is 5.81. The molecule has 1 atom stereocenters. The van der Waals surface area contributed by atoms with Crippen LogP contribution in [0.5, 0.6) is 0 Å². The van der Waals surface area contributed by atoms with Crippen molar-refractivity contribution in [3.8, 4) is 0 Å². The topological polar surface area (TPSA) is 15.3 Å². The normalized spacial score (nSPS) is 21.6. The van der Waals surface area contributed by atoms with E-state index in [1.165, 1.54) is 32.4 Å². The van der Waals surface area contributed by atoms with Crippen molar-refractivity contribution in [3.05, 3.63) is 27.7 Å². The Hall–Kier alpha value is -0.250. The number of hydrogen-bond donors (Lipinski definition) is 1. The number of rotatable bonds is 3. The summed E-state index contributed by atoms with van der Waals surface area (Å²) in [4.78, 5) is 2.52. The van der Waals surface area contributed by atoms with E-state index in [2.05, 4.69) is 39.1 Å². The number of nitrogens with one attached hydrogen (secondary N) is 1. The van der Waals surface area contributed by atoms with Gasteiger partial charge in [-0.2, -0.15) is 0 Å². The Bertz CT molecular complexity index is 397. The molecule has 1 heterocycles. The van der Waals surface area contributed by atoms with E-state index in [9.17, 15) is 0 Å². The molecule has 18 heavy (non-hydrogen) atoms. The van der Waals surface area contributed by atoms with Crippen LogP contribution in [0.3, 0.4) is 0 Å². The fraction of sp³-hybridized carbons (Fsp3) is 0.571. The number of anilines is 1. The lowest BCUT2D eigenvalue weighted by Crippen LogP contribution is -2.26. The smallest absolute Gasteiger partial charge is 0.0593 e. The SMILES string of the molecule is CCN1CCCC(Nc2cccc(Cl)c2Br)CC1. The number of likely N-dealkylation sites (tertiary alicyclic amines) is 1. The molecule has 2 nitrogen and oxygen atoms in total. The number of benzene rings is 1. The zero-order valence-corrected chi connectivity index (χ0v) is 13.1. The number of nitrogens with zero attached hydrogens (tertiary/aromatic N) is 1. The highest BCUT2D eigenvalue weighted by atomic mass is 79.9.